The molecular formula is C104H130I6N11O8S3-. The van der Waals surface area contributed by atoms with Crippen molar-refractivity contribution in [3.8, 4) is 0 Å². The van der Waals surface area contributed by atoms with Gasteiger partial charge in [0.1, 0.15) is 18.8 Å². The third kappa shape index (κ3) is 52.1. The van der Waals surface area contributed by atoms with Crippen molar-refractivity contribution >= 4 is 163 Å². The van der Waals surface area contributed by atoms with Crippen LogP contribution in [0.1, 0.15) is 140 Å². The molecule has 0 fully saturated rings. The molecule has 0 aliphatic rings. The molecule has 0 saturated heterocycles. The summed E-state index contributed by atoms with van der Waals surface area (Å²) in [5.74, 6) is 0.370. The summed E-state index contributed by atoms with van der Waals surface area (Å²) in [6, 6.07) is 79.5. The number of thiazole rings is 3. The van der Waals surface area contributed by atoms with E-state index < -0.39 is 23.8 Å². The second kappa shape index (κ2) is 68.6. The second-order valence-electron chi connectivity index (χ2n) is 32.7. The van der Waals surface area contributed by atoms with E-state index in [-0.39, 0.29) is 117 Å². The molecule has 11 aromatic rings. The van der Waals surface area contributed by atoms with Gasteiger partial charge in [0.25, 0.3) is 0 Å². The average molecular weight is 2520 g/mol. The van der Waals surface area contributed by atoms with E-state index in [0.717, 1.165) is 69.3 Å². The SMILES string of the molecule is C.CC(C)c1nc(CN(C)C(=O)N[C@H](C(=O)C[C@H](/C=C/[C@H](Cc2ccccc2)NC(=O)OCc2cncs2)Cc2ccccc2)C(C)C)cs1.C[C@H](/C=C/[C@H](Cc1ccccc1)NC(=O)OC(C)(C)C)Cc1ccccc1.I.II.I[I-]I.N[C@H](/C=C/[C@@H](N)Cc1ccccc1)Cc1ccccc1.N[C@H](/C=C/[C@H](Cc1ccccc1)NC(=O)OCc1cncs1)Cc1ccccc1. The molecule has 0 unspecified atom stereocenters. The van der Waals surface area contributed by atoms with Gasteiger partial charge in [-0.15, -0.1) is 58.0 Å². The Morgan fingerprint density at radius 2 is 0.765 bits per heavy atom. The zero-order valence-electron chi connectivity index (χ0n) is 75.7. The zero-order valence-corrected chi connectivity index (χ0v) is 91.3. The van der Waals surface area contributed by atoms with E-state index in [4.69, 9.17) is 31.4 Å². The van der Waals surface area contributed by atoms with Crippen molar-refractivity contribution in [3.05, 3.63) is 385 Å². The number of amides is 5. The number of urea groups is 1. The van der Waals surface area contributed by atoms with Gasteiger partial charge in [-0.3, -0.25) is 14.8 Å². The minimum atomic E-state index is -0.664. The molecule has 0 saturated carbocycles. The first-order valence-electron chi connectivity index (χ1n) is 43.2. The number of rotatable bonds is 39. The molecule has 11 rings (SSSR count). The molecule has 0 radical (unpaired) electrons. The normalized spacial score (nSPS) is 13.0. The summed E-state index contributed by atoms with van der Waals surface area (Å²) in [7, 11) is 1.72. The van der Waals surface area contributed by atoms with Crippen LogP contribution in [0.2, 0.25) is 0 Å². The maximum Gasteiger partial charge on any atom is 0.407 e. The predicted molar refractivity (Wildman–Crippen MR) is 589 cm³/mol. The third-order valence-corrected chi connectivity index (χ3v) is 22.3. The molecule has 0 bridgehead atoms. The monoisotopic (exact) mass is 2520 g/mol. The van der Waals surface area contributed by atoms with Gasteiger partial charge < -0.3 is 57.6 Å². The van der Waals surface area contributed by atoms with Crippen molar-refractivity contribution < 1.29 is 51.4 Å². The number of benzene rings is 8. The van der Waals surface area contributed by atoms with Crippen LogP contribution in [-0.4, -0.2) is 105 Å². The summed E-state index contributed by atoms with van der Waals surface area (Å²) >= 11 is 14.0. The van der Waals surface area contributed by atoms with Gasteiger partial charge in [0.15, 0.2) is 5.78 Å². The number of aromatic nitrogens is 3. The number of carbonyl (C=O) groups is 5. The number of carbonyl (C=O) groups excluding carboxylic acids is 5. The number of hydrogen-bond acceptors (Lipinski definition) is 17. The van der Waals surface area contributed by atoms with E-state index in [1.54, 1.807) is 46.7 Å². The van der Waals surface area contributed by atoms with Gasteiger partial charge in [0.05, 0.1) is 62.2 Å². The first kappa shape index (κ1) is 117. The summed E-state index contributed by atoms with van der Waals surface area (Å²) in [4.78, 5) is 80.5. The number of hydrogen-bond donors (Lipinski definition) is 7. The molecule has 132 heavy (non-hydrogen) atoms. The van der Waals surface area contributed by atoms with Gasteiger partial charge in [-0.2, -0.15) is 0 Å². The molecule has 3 heterocycles. The van der Waals surface area contributed by atoms with Crippen LogP contribution in [0.5, 0.6) is 0 Å². The Labute approximate surface area is 866 Å². The Bertz CT molecular complexity index is 4950. The zero-order chi connectivity index (χ0) is 94.1. The number of Topliss-reactive ketones (excluding diaryl/α,β-unsaturated/α-hetero) is 1. The smallest absolute Gasteiger partial charge is 0.407 e. The number of ether oxygens (including phenoxy) is 3. The second-order valence-corrected chi connectivity index (χ2v) is 51.8. The number of halogens is 6. The molecule has 0 spiro atoms. The number of nitrogens with zero attached hydrogens (tertiary/aromatic N) is 4. The third-order valence-electron chi connectivity index (χ3n) is 19.6. The molecule has 8 aromatic carbocycles. The molecule has 9 atom stereocenters. The van der Waals surface area contributed by atoms with E-state index >= 15 is 0 Å². The van der Waals surface area contributed by atoms with Crippen molar-refractivity contribution in [3.63, 3.8) is 0 Å². The van der Waals surface area contributed by atoms with Crippen LogP contribution in [0, 0.1) is 17.8 Å². The van der Waals surface area contributed by atoms with Crippen LogP contribution < -0.4 is 51.7 Å². The van der Waals surface area contributed by atoms with Crippen molar-refractivity contribution in [1.82, 2.24) is 41.1 Å². The van der Waals surface area contributed by atoms with Crippen molar-refractivity contribution in [2.75, 3.05) is 7.05 Å². The summed E-state index contributed by atoms with van der Waals surface area (Å²) in [5, 5.41) is 14.9. The van der Waals surface area contributed by atoms with Crippen LogP contribution in [-0.2, 0) is 90.1 Å². The summed E-state index contributed by atoms with van der Waals surface area (Å²) in [6.07, 6.45) is 24.4. The van der Waals surface area contributed by atoms with Crippen molar-refractivity contribution in [2.45, 2.75) is 194 Å². The number of nitrogens with two attached hydrogens (primary N) is 3. The molecule has 0 aliphatic carbocycles. The Morgan fingerprint density at radius 3 is 1.09 bits per heavy atom. The molecule has 19 nitrogen and oxygen atoms in total. The first-order chi connectivity index (χ1) is 62.7. The molecule has 0 aliphatic heterocycles. The van der Waals surface area contributed by atoms with Crippen LogP contribution in [0.3, 0.4) is 0 Å². The van der Waals surface area contributed by atoms with E-state index in [1.165, 1.54) is 50.5 Å². The summed E-state index contributed by atoms with van der Waals surface area (Å²) < 4.78 is 16.2. The number of alkyl carbamates (subject to hydrolysis) is 3. The van der Waals surface area contributed by atoms with Crippen LogP contribution >= 0.6 is 132 Å². The van der Waals surface area contributed by atoms with Crippen molar-refractivity contribution in [1.29, 1.82) is 0 Å². The topological polar surface area (TPSA) is 281 Å². The maximum absolute atomic E-state index is 13.9. The van der Waals surface area contributed by atoms with Crippen molar-refractivity contribution in [2.24, 2.45) is 35.0 Å². The Kier molecular flexibility index (Phi) is 60.8. The van der Waals surface area contributed by atoms with Gasteiger partial charge in [-0.25, -0.2) is 24.2 Å². The van der Waals surface area contributed by atoms with E-state index in [2.05, 4.69) is 216 Å². The molecule has 28 heteroatoms. The van der Waals surface area contributed by atoms with Gasteiger partial charge in [0, 0.05) is 92.5 Å². The largest absolute Gasteiger partial charge is 0.444 e. The Balaban J connectivity index is 0.000000379. The van der Waals surface area contributed by atoms with Gasteiger partial charge in [-0.05, 0) is 134 Å². The van der Waals surface area contributed by atoms with Crippen LogP contribution in [0.15, 0.2) is 320 Å². The van der Waals surface area contributed by atoms with E-state index in [1.807, 2.05) is 246 Å². The van der Waals surface area contributed by atoms with Gasteiger partial charge in [0.2, 0.25) is 0 Å². The first-order valence-corrected chi connectivity index (χ1v) is 64.6. The minimum Gasteiger partial charge on any atom is -0.444 e. The molecule has 3 aromatic heterocycles. The number of allylic oxidation sites excluding steroid dienone is 2. The minimum absolute atomic E-state index is 0. The van der Waals surface area contributed by atoms with Crippen LogP contribution in [0.25, 0.3) is 0 Å². The molecule has 5 amide bonds. The van der Waals surface area contributed by atoms with Gasteiger partial charge >= 0.3 is 74.8 Å². The van der Waals surface area contributed by atoms with E-state index in [0.29, 0.717) is 50.9 Å². The Morgan fingerprint density at radius 1 is 0.447 bits per heavy atom. The fraction of sp³-hybridized carbons (Fsp3) is 0.327. The van der Waals surface area contributed by atoms with Gasteiger partial charge in [-0.1, -0.05) is 333 Å². The quantitative estimate of drug-likeness (QED) is 0.0107. The van der Waals surface area contributed by atoms with Crippen LogP contribution in [0.4, 0.5) is 19.2 Å². The maximum atomic E-state index is 13.9. The number of ketones is 1. The van der Waals surface area contributed by atoms with E-state index in [9.17, 15) is 24.0 Å². The molecule has 710 valence electrons. The predicted octanol–water partition coefficient (Wildman–Crippen LogP) is 21.9. The number of nitrogens with one attached hydrogen (secondary N) is 4. The molecule has 10 N–H and O–H groups in total. The summed E-state index contributed by atoms with van der Waals surface area (Å²) in [6.45, 7) is 16.6. The Hall–Kier alpha value is -7.38. The summed E-state index contributed by atoms with van der Waals surface area (Å²) in [5.41, 5.74) is 31.7. The average Bonchev–Trinajstić information content (AvgIpc) is 1.56. The fourth-order valence-corrected chi connectivity index (χ4v) is 15.1. The molecular weight excluding hydrogens is 2390 g/mol. The fourth-order valence-electron chi connectivity index (χ4n) is 13.3. The standard InChI is InChI=1S/C38H47N5O4S2.C24H31NO2.C23H25N3O2S.C18H22N2.CH4.I3.I2.HI/c1-26(2)35(42-37(45)43(5)22-32-24-48-36(40-32)27(3)4)34(44)20-30(18-28-12-8-6-9-13-28)16-17-31(19-29-14-10-7-11-15-29)41-38(46)47-23-33-21-39-25-49-33;1-19(17-20-11-7-5-8-12-20)15-16-22(18-21-13-9-6-10-14-21)25-23(26)27-24(2,3)4;24-20(13-18-7-3-1-4-8-18)11-12-21(14-19-9-5-2-6-10-19)26-23(27)28-16-22-15-25-17-29-22;19-17(13-15-7-3-1-4-8-15)11-12-18(20)14-16-9-5-2-6-10-16;;1-3-2;1-2;/h6-17,21,24-27,30-31,35H,18-20,22-23H2,1-5H3,(H,41,46)(H,42,45);5-16,19,22H,17-18H2,1-4H3,(H,25,26);1-12,15,17,20-21H,13-14,16,24H2,(H,26,27);1-12,17-18H,13-14,19-20H2;1H4;;;1H/q;;;;;-1;;/b17-16+;16-15+;2*12-11+;;;;/t30-,31-,35+;19-,22-;20-,21-;17-,18-;;;;/m1111..../s1.